The highest BCUT2D eigenvalue weighted by Gasteiger charge is 2.07. The van der Waals surface area contributed by atoms with Crippen molar-refractivity contribution in [2.45, 2.75) is 6.54 Å². The largest absolute Gasteiger partial charge is 0.496 e. The zero-order valence-electron chi connectivity index (χ0n) is 13.2. The van der Waals surface area contributed by atoms with E-state index in [1.54, 1.807) is 19.4 Å². The van der Waals surface area contributed by atoms with Gasteiger partial charge in [0.05, 0.1) is 23.9 Å². The normalized spacial score (nSPS) is 10.2. The summed E-state index contributed by atoms with van der Waals surface area (Å²) in [5.41, 5.74) is 1.72. The number of ether oxygens (including phenoxy) is 1. The average Bonchev–Trinajstić information content (AvgIpc) is 3.16. The zero-order chi connectivity index (χ0) is 16.8. The Morgan fingerprint density at radius 1 is 1.17 bits per heavy atom. The molecule has 0 radical (unpaired) electrons. The van der Waals surface area contributed by atoms with Gasteiger partial charge in [0.2, 0.25) is 0 Å². The highest BCUT2D eigenvalue weighted by atomic mass is 32.1. The Morgan fingerprint density at radius 2 is 2.04 bits per heavy atom. The van der Waals surface area contributed by atoms with E-state index in [1.807, 2.05) is 47.8 Å². The second-order valence-corrected chi connectivity index (χ2v) is 5.98. The molecule has 0 aliphatic heterocycles. The van der Waals surface area contributed by atoms with E-state index in [4.69, 9.17) is 4.74 Å². The summed E-state index contributed by atoms with van der Waals surface area (Å²) < 4.78 is 5.33. The number of anilines is 2. The molecule has 5 nitrogen and oxygen atoms in total. The number of hydrogen-bond donors (Lipinski definition) is 2. The smallest absolute Gasteiger partial charge is 0.265 e. The average molecular weight is 339 g/mol. The van der Waals surface area contributed by atoms with Gasteiger partial charge in [0, 0.05) is 12.1 Å². The highest BCUT2D eigenvalue weighted by Crippen LogP contribution is 2.19. The van der Waals surface area contributed by atoms with Crippen molar-refractivity contribution in [2.75, 3.05) is 17.7 Å². The van der Waals surface area contributed by atoms with E-state index < -0.39 is 0 Å². The third kappa shape index (κ3) is 3.91. The number of benzene rings is 1. The maximum absolute atomic E-state index is 12.0. The lowest BCUT2D eigenvalue weighted by atomic mass is 10.2. The number of hydrogen-bond acceptors (Lipinski definition) is 5. The highest BCUT2D eigenvalue weighted by molar-refractivity contribution is 7.12. The molecule has 6 heteroatoms. The van der Waals surface area contributed by atoms with Crippen LogP contribution in [0.3, 0.4) is 0 Å². The second kappa shape index (κ2) is 7.61. The number of aromatic nitrogens is 1. The van der Waals surface area contributed by atoms with Gasteiger partial charge < -0.3 is 15.4 Å². The summed E-state index contributed by atoms with van der Waals surface area (Å²) in [6, 6.07) is 15.1. The number of methoxy groups -OCH3 is 1. The monoisotopic (exact) mass is 339 g/mol. The maximum atomic E-state index is 12.0. The molecular weight excluding hydrogens is 322 g/mol. The van der Waals surface area contributed by atoms with E-state index in [0.717, 1.165) is 17.1 Å². The summed E-state index contributed by atoms with van der Waals surface area (Å²) in [6.45, 7) is 0.609. The van der Waals surface area contributed by atoms with Crippen LogP contribution in [0.2, 0.25) is 0 Å². The Labute approximate surface area is 144 Å². The number of nitrogens with zero attached hydrogens (tertiary/aromatic N) is 1. The van der Waals surface area contributed by atoms with Crippen molar-refractivity contribution in [3.8, 4) is 5.75 Å². The molecule has 3 rings (SSSR count). The quantitative estimate of drug-likeness (QED) is 0.712. The second-order valence-electron chi connectivity index (χ2n) is 5.03. The number of carbonyl (C=O) groups is 1. The molecule has 122 valence electrons. The zero-order valence-corrected chi connectivity index (χ0v) is 14.0. The first-order chi connectivity index (χ1) is 11.8. The fourth-order valence-corrected chi connectivity index (χ4v) is 2.83. The van der Waals surface area contributed by atoms with Crippen LogP contribution < -0.4 is 15.4 Å². The molecule has 0 fully saturated rings. The minimum Gasteiger partial charge on any atom is -0.496 e. The molecule has 0 atom stereocenters. The molecule has 3 aromatic rings. The molecule has 0 aliphatic rings. The van der Waals surface area contributed by atoms with Crippen LogP contribution >= 0.6 is 11.3 Å². The van der Waals surface area contributed by atoms with Crippen molar-refractivity contribution in [3.63, 3.8) is 0 Å². The number of nitrogens with one attached hydrogen (secondary N) is 2. The fourth-order valence-electron chi connectivity index (χ4n) is 2.21. The van der Waals surface area contributed by atoms with E-state index in [-0.39, 0.29) is 5.91 Å². The van der Waals surface area contributed by atoms with Gasteiger partial charge in [-0.05, 0) is 29.6 Å². The molecule has 0 aliphatic carbocycles. The standard InChI is InChI=1S/C18H17N3O2S/c1-23-15-6-3-2-5-13(15)11-19-17-9-8-14(12-20-17)21-18(22)16-7-4-10-24-16/h2-10,12H,11H2,1H3,(H,19,20)(H,21,22). The number of rotatable bonds is 6. The van der Waals surface area contributed by atoms with Crippen LogP contribution in [0.1, 0.15) is 15.2 Å². The first-order valence-electron chi connectivity index (χ1n) is 7.43. The van der Waals surface area contributed by atoms with Gasteiger partial charge in [0.1, 0.15) is 11.6 Å². The van der Waals surface area contributed by atoms with Crippen molar-refractivity contribution in [2.24, 2.45) is 0 Å². The summed E-state index contributed by atoms with van der Waals surface area (Å²) in [5, 5.41) is 7.94. The minimum absolute atomic E-state index is 0.124. The Kier molecular flexibility index (Phi) is 5.08. The molecule has 2 heterocycles. The molecule has 0 bridgehead atoms. The summed E-state index contributed by atoms with van der Waals surface area (Å²) in [7, 11) is 1.65. The van der Waals surface area contributed by atoms with E-state index >= 15 is 0 Å². The van der Waals surface area contributed by atoms with Crippen LogP contribution in [0.5, 0.6) is 5.75 Å². The molecule has 0 spiro atoms. The van der Waals surface area contributed by atoms with Crippen LogP contribution in [0.15, 0.2) is 60.1 Å². The number of carbonyl (C=O) groups excluding carboxylic acids is 1. The summed E-state index contributed by atoms with van der Waals surface area (Å²) >= 11 is 1.41. The predicted octanol–water partition coefficient (Wildman–Crippen LogP) is 4.02. The molecular formula is C18H17N3O2S. The van der Waals surface area contributed by atoms with E-state index in [2.05, 4.69) is 15.6 Å². The van der Waals surface area contributed by atoms with Gasteiger partial charge in [-0.2, -0.15) is 0 Å². The molecule has 2 aromatic heterocycles. The Bertz CT molecular complexity index is 801. The first-order valence-corrected chi connectivity index (χ1v) is 8.31. The van der Waals surface area contributed by atoms with E-state index in [9.17, 15) is 4.79 Å². The van der Waals surface area contributed by atoms with Gasteiger partial charge in [-0.1, -0.05) is 24.3 Å². The fraction of sp³-hybridized carbons (Fsp3) is 0.111. The topological polar surface area (TPSA) is 63.2 Å². The van der Waals surface area contributed by atoms with Crippen LogP contribution in [0, 0.1) is 0 Å². The molecule has 0 unspecified atom stereocenters. The van der Waals surface area contributed by atoms with Gasteiger partial charge in [-0.3, -0.25) is 4.79 Å². The Hall–Kier alpha value is -2.86. The maximum Gasteiger partial charge on any atom is 0.265 e. The number of para-hydroxylation sites is 1. The molecule has 1 amide bonds. The number of pyridine rings is 1. The molecule has 0 saturated heterocycles. The van der Waals surface area contributed by atoms with E-state index in [1.165, 1.54) is 11.3 Å². The Morgan fingerprint density at radius 3 is 2.75 bits per heavy atom. The minimum atomic E-state index is -0.124. The van der Waals surface area contributed by atoms with Gasteiger partial charge in [0.15, 0.2) is 0 Å². The lowest BCUT2D eigenvalue weighted by molar-refractivity contribution is 0.103. The van der Waals surface area contributed by atoms with Crippen molar-refractivity contribution < 1.29 is 9.53 Å². The summed E-state index contributed by atoms with van der Waals surface area (Å²) in [4.78, 5) is 17.0. The van der Waals surface area contributed by atoms with Gasteiger partial charge in [-0.25, -0.2) is 4.98 Å². The summed E-state index contributed by atoms with van der Waals surface area (Å²) in [5.74, 6) is 1.45. The first kappa shape index (κ1) is 16.0. The summed E-state index contributed by atoms with van der Waals surface area (Å²) in [6.07, 6.45) is 1.63. The van der Waals surface area contributed by atoms with Crippen LogP contribution in [0.25, 0.3) is 0 Å². The van der Waals surface area contributed by atoms with Crippen molar-refractivity contribution in [1.29, 1.82) is 0 Å². The molecule has 24 heavy (non-hydrogen) atoms. The van der Waals surface area contributed by atoms with Crippen molar-refractivity contribution in [3.05, 3.63) is 70.5 Å². The molecule has 2 N–H and O–H groups in total. The van der Waals surface area contributed by atoms with Crippen LogP contribution in [-0.2, 0) is 6.54 Å². The Balaban J connectivity index is 1.59. The predicted molar refractivity (Wildman–Crippen MR) is 96.8 cm³/mol. The SMILES string of the molecule is COc1ccccc1CNc1ccc(NC(=O)c2cccs2)cn1. The third-order valence-electron chi connectivity index (χ3n) is 3.42. The van der Waals surface area contributed by atoms with Crippen LogP contribution in [0.4, 0.5) is 11.5 Å². The van der Waals surface area contributed by atoms with Crippen LogP contribution in [-0.4, -0.2) is 18.0 Å². The van der Waals surface area contributed by atoms with Gasteiger partial charge in [-0.15, -0.1) is 11.3 Å². The van der Waals surface area contributed by atoms with Crippen molar-refractivity contribution >= 4 is 28.7 Å². The van der Waals surface area contributed by atoms with Crippen molar-refractivity contribution in [1.82, 2.24) is 4.98 Å². The van der Waals surface area contributed by atoms with Gasteiger partial charge in [0.25, 0.3) is 5.91 Å². The molecule has 0 saturated carbocycles. The molecule has 1 aromatic carbocycles. The lowest BCUT2D eigenvalue weighted by Crippen LogP contribution is -2.10. The number of thiophene rings is 1. The number of amides is 1. The lowest BCUT2D eigenvalue weighted by Gasteiger charge is -2.10. The van der Waals surface area contributed by atoms with E-state index in [0.29, 0.717) is 17.1 Å². The third-order valence-corrected chi connectivity index (χ3v) is 4.29. The van der Waals surface area contributed by atoms with Gasteiger partial charge >= 0.3 is 0 Å².